The minimum atomic E-state index is -4.37. The van der Waals surface area contributed by atoms with Gasteiger partial charge in [0.05, 0.1) is 18.8 Å². The lowest BCUT2D eigenvalue weighted by Gasteiger charge is -2.16. The summed E-state index contributed by atoms with van der Waals surface area (Å²) in [6.07, 6.45) is -4.27. The average Bonchev–Trinajstić information content (AvgIpc) is 2.68. The van der Waals surface area contributed by atoms with Gasteiger partial charge in [-0.25, -0.2) is 0 Å². The largest absolute Gasteiger partial charge is 0.493 e. The Kier molecular flexibility index (Phi) is 8.50. The maximum absolute atomic E-state index is 12.5. The molecule has 0 aliphatic heterocycles. The van der Waals surface area contributed by atoms with Crippen molar-refractivity contribution < 1.29 is 36.2 Å². The van der Waals surface area contributed by atoms with Gasteiger partial charge in [0, 0.05) is 12.5 Å². The van der Waals surface area contributed by atoms with Crippen molar-refractivity contribution in [2.75, 3.05) is 19.8 Å². The highest BCUT2D eigenvalue weighted by Gasteiger charge is 2.30. The minimum Gasteiger partial charge on any atom is -0.493 e. The number of aryl methyl sites for hydroxylation is 2. The van der Waals surface area contributed by atoms with Gasteiger partial charge >= 0.3 is 6.18 Å². The first kappa shape index (κ1) is 23.5. The summed E-state index contributed by atoms with van der Waals surface area (Å²) in [5.41, 5.74) is 0.982. The van der Waals surface area contributed by atoms with Crippen LogP contribution in [0.1, 0.15) is 30.0 Å². The molecule has 3 nitrogen and oxygen atoms in total. The summed E-state index contributed by atoms with van der Waals surface area (Å²) in [6.45, 7) is 4.21. The van der Waals surface area contributed by atoms with Gasteiger partial charge in [-0.1, -0.05) is 6.92 Å². The molecule has 0 radical (unpaired) electrons. The molecule has 8 heteroatoms. The van der Waals surface area contributed by atoms with Crippen LogP contribution in [0.25, 0.3) is 0 Å². The molecule has 0 aliphatic carbocycles. The van der Waals surface area contributed by atoms with Gasteiger partial charge in [-0.05, 0) is 60.9 Å². The van der Waals surface area contributed by atoms with E-state index >= 15 is 0 Å². The minimum absolute atomic E-state index is 0.216. The monoisotopic (exact) mass is 430 g/mol. The van der Waals surface area contributed by atoms with E-state index in [-0.39, 0.29) is 13.2 Å². The van der Waals surface area contributed by atoms with Crippen molar-refractivity contribution in [3.05, 3.63) is 65.2 Å². The zero-order valence-electron chi connectivity index (χ0n) is 16.7. The summed E-state index contributed by atoms with van der Waals surface area (Å²) in [6, 6.07) is 7.99. The van der Waals surface area contributed by atoms with Crippen LogP contribution < -0.4 is 14.2 Å². The topological polar surface area (TPSA) is 27.7 Å². The summed E-state index contributed by atoms with van der Waals surface area (Å²) >= 11 is 0. The van der Waals surface area contributed by atoms with E-state index in [1.807, 2.05) is 13.8 Å². The Labute approximate surface area is 172 Å². The second kappa shape index (κ2) is 10.8. The Bertz CT molecular complexity index is 841. The van der Waals surface area contributed by atoms with E-state index in [1.165, 1.54) is 12.1 Å². The van der Waals surface area contributed by atoms with Crippen LogP contribution in [0.4, 0.5) is 22.0 Å². The first-order valence-corrected chi connectivity index (χ1v) is 9.41. The summed E-state index contributed by atoms with van der Waals surface area (Å²) < 4.78 is 78.5. The number of benzene rings is 2. The maximum atomic E-state index is 12.5. The molecular weight excluding hydrogens is 407 g/mol. The van der Waals surface area contributed by atoms with Gasteiger partial charge in [0.1, 0.15) is 23.9 Å². The Morgan fingerprint density at radius 3 is 2.20 bits per heavy atom. The van der Waals surface area contributed by atoms with E-state index in [0.29, 0.717) is 42.8 Å². The molecule has 2 aromatic carbocycles. The number of hydrogen-bond donors (Lipinski definition) is 0. The SMILES string of the molecule is CCc1cc(OCC=C(F)F)cc(C)c1OCCCOc1ccc(C(F)(F)F)cc1. The van der Waals surface area contributed by atoms with Crippen molar-refractivity contribution in [2.24, 2.45) is 0 Å². The lowest BCUT2D eigenvalue weighted by atomic mass is 10.1. The van der Waals surface area contributed by atoms with E-state index in [1.54, 1.807) is 12.1 Å². The number of rotatable bonds is 10. The van der Waals surface area contributed by atoms with Crippen molar-refractivity contribution in [2.45, 2.75) is 32.9 Å². The first-order chi connectivity index (χ1) is 14.2. The van der Waals surface area contributed by atoms with E-state index in [0.717, 1.165) is 23.3 Å². The van der Waals surface area contributed by atoms with Crippen molar-refractivity contribution in [3.8, 4) is 17.2 Å². The fourth-order valence-corrected chi connectivity index (χ4v) is 2.73. The van der Waals surface area contributed by atoms with Gasteiger partial charge in [-0.3, -0.25) is 0 Å². The lowest BCUT2D eigenvalue weighted by Crippen LogP contribution is -2.08. The Morgan fingerprint density at radius 2 is 1.60 bits per heavy atom. The van der Waals surface area contributed by atoms with Crippen molar-refractivity contribution in [1.82, 2.24) is 0 Å². The highest BCUT2D eigenvalue weighted by molar-refractivity contribution is 5.46. The molecule has 2 aromatic rings. The highest BCUT2D eigenvalue weighted by atomic mass is 19.4. The maximum Gasteiger partial charge on any atom is 0.416 e. The van der Waals surface area contributed by atoms with Gasteiger partial charge in [-0.2, -0.15) is 22.0 Å². The average molecular weight is 430 g/mol. The first-order valence-electron chi connectivity index (χ1n) is 9.41. The Morgan fingerprint density at radius 1 is 0.933 bits per heavy atom. The van der Waals surface area contributed by atoms with Gasteiger partial charge in [0.2, 0.25) is 0 Å². The fraction of sp³-hybridized carbons (Fsp3) is 0.364. The van der Waals surface area contributed by atoms with E-state index in [9.17, 15) is 22.0 Å². The summed E-state index contributed by atoms with van der Waals surface area (Å²) in [5, 5.41) is 0. The van der Waals surface area contributed by atoms with Crippen LogP contribution >= 0.6 is 0 Å². The molecule has 30 heavy (non-hydrogen) atoms. The van der Waals surface area contributed by atoms with E-state index < -0.39 is 17.8 Å². The summed E-state index contributed by atoms with van der Waals surface area (Å²) in [4.78, 5) is 0. The predicted octanol–water partition coefficient (Wildman–Crippen LogP) is 6.58. The van der Waals surface area contributed by atoms with Crippen LogP contribution in [0.15, 0.2) is 48.6 Å². The molecule has 2 rings (SSSR count). The molecule has 0 aliphatic rings. The lowest BCUT2D eigenvalue weighted by molar-refractivity contribution is -0.137. The summed E-state index contributed by atoms with van der Waals surface area (Å²) in [7, 11) is 0. The zero-order chi connectivity index (χ0) is 22.1. The highest BCUT2D eigenvalue weighted by Crippen LogP contribution is 2.31. The Hall–Kier alpha value is -2.77. The van der Waals surface area contributed by atoms with Gasteiger partial charge in [0.15, 0.2) is 0 Å². The zero-order valence-corrected chi connectivity index (χ0v) is 16.7. The van der Waals surface area contributed by atoms with Crippen molar-refractivity contribution in [1.29, 1.82) is 0 Å². The number of halogens is 5. The molecule has 0 bridgehead atoms. The number of hydrogen-bond acceptors (Lipinski definition) is 3. The third-order valence-corrected chi connectivity index (χ3v) is 4.18. The molecule has 0 unspecified atom stereocenters. The van der Waals surface area contributed by atoms with E-state index in [2.05, 4.69) is 0 Å². The number of ether oxygens (including phenoxy) is 3. The third kappa shape index (κ3) is 7.24. The predicted molar refractivity (Wildman–Crippen MR) is 103 cm³/mol. The van der Waals surface area contributed by atoms with Crippen LogP contribution in [0.3, 0.4) is 0 Å². The molecule has 0 N–H and O–H groups in total. The van der Waals surface area contributed by atoms with Gasteiger partial charge in [-0.15, -0.1) is 0 Å². The molecule has 0 atom stereocenters. The molecule has 164 valence electrons. The number of alkyl halides is 3. The quantitative estimate of drug-likeness (QED) is 0.315. The second-order valence-electron chi connectivity index (χ2n) is 6.46. The normalized spacial score (nSPS) is 11.2. The molecular formula is C22H23F5O3. The Balaban J connectivity index is 1.84. The van der Waals surface area contributed by atoms with Gasteiger partial charge < -0.3 is 14.2 Å². The molecule has 0 aromatic heterocycles. The molecule has 0 saturated heterocycles. The second-order valence-corrected chi connectivity index (χ2v) is 6.46. The van der Waals surface area contributed by atoms with Crippen molar-refractivity contribution in [3.63, 3.8) is 0 Å². The standard InChI is InChI=1S/C22H23F5O3/c1-3-16-14-19(29-12-9-20(23)24)13-15(2)21(16)30-11-4-10-28-18-7-5-17(6-8-18)22(25,26)27/h5-9,13-14H,3-4,10-12H2,1-2H3. The molecule has 0 saturated carbocycles. The van der Waals surface area contributed by atoms with E-state index in [4.69, 9.17) is 14.2 Å². The van der Waals surface area contributed by atoms with Crippen LogP contribution in [-0.4, -0.2) is 19.8 Å². The van der Waals surface area contributed by atoms with Crippen LogP contribution in [-0.2, 0) is 12.6 Å². The molecule has 0 fully saturated rings. The smallest absolute Gasteiger partial charge is 0.416 e. The van der Waals surface area contributed by atoms with Crippen LogP contribution in [0, 0.1) is 6.92 Å². The van der Waals surface area contributed by atoms with Crippen LogP contribution in [0.2, 0.25) is 0 Å². The van der Waals surface area contributed by atoms with Crippen molar-refractivity contribution >= 4 is 0 Å². The fourth-order valence-electron chi connectivity index (χ4n) is 2.73. The molecule has 0 spiro atoms. The third-order valence-electron chi connectivity index (χ3n) is 4.18. The van der Waals surface area contributed by atoms with Crippen LogP contribution in [0.5, 0.6) is 17.2 Å². The van der Waals surface area contributed by atoms with Gasteiger partial charge in [0.25, 0.3) is 6.08 Å². The molecule has 0 amide bonds. The summed E-state index contributed by atoms with van der Waals surface area (Å²) in [5.74, 6) is 1.54. The molecule has 0 heterocycles.